The lowest BCUT2D eigenvalue weighted by Gasteiger charge is -2.14. The van der Waals surface area contributed by atoms with Gasteiger partial charge < -0.3 is 14.8 Å². The van der Waals surface area contributed by atoms with Crippen molar-refractivity contribution in [2.45, 2.75) is 20.5 Å². The summed E-state index contributed by atoms with van der Waals surface area (Å²) in [6.07, 6.45) is 1.33. The molecule has 41 heavy (non-hydrogen) atoms. The minimum atomic E-state index is -1.06. The number of hydrogen-bond acceptors (Lipinski definition) is 6. The summed E-state index contributed by atoms with van der Waals surface area (Å²) in [6.45, 7) is 4.03. The third-order valence-electron chi connectivity index (χ3n) is 6.01. The van der Waals surface area contributed by atoms with Crippen LogP contribution in [0, 0.1) is 12.7 Å². The SMILES string of the molecule is CCOc1cc(/C=N/NC(=O)C(=O)Nc2c(C)n(C)n(-c3ccccc3)c2=O)cc(Br)c1OCc1ccc(F)cc1. The molecule has 0 atom stereocenters. The Kier molecular flexibility index (Phi) is 9.35. The van der Waals surface area contributed by atoms with Crippen LogP contribution in [0.25, 0.3) is 5.69 Å². The second kappa shape index (κ2) is 13.1. The van der Waals surface area contributed by atoms with Crippen LogP contribution in [-0.4, -0.2) is 34.0 Å². The molecule has 0 spiro atoms. The van der Waals surface area contributed by atoms with E-state index in [0.717, 1.165) is 5.56 Å². The van der Waals surface area contributed by atoms with Crippen molar-refractivity contribution in [3.05, 3.63) is 104 Å². The van der Waals surface area contributed by atoms with Crippen molar-refractivity contribution in [3.63, 3.8) is 0 Å². The molecule has 212 valence electrons. The Morgan fingerprint density at radius 1 is 1.05 bits per heavy atom. The number of rotatable bonds is 9. The fraction of sp³-hybridized carbons (Fsp3) is 0.172. The van der Waals surface area contributed by atoms with E-state index in [0.29, 0.717) is 39.5 Å². The Hall–Kier alpha value is -4.71. The van der Waals surface area contributed by atoms with E-state index in [1.807, 2.05) is 13.0 Å². The first-order valence-electron chi connectivity index (χ1n) is 12.5. The van der Waals surface area contributed by atoms with E-state index in [1.54, 1.807) is 67.2 Å². The van der Waals surface area contributed by atoms with E-state index in [4.69, 9.17) is 9.47 Å². The van der Waals surface area contributed by atoms with E-state index in [9.17, 15) is 18.8 Å². The predicted molar refractivity (Wildman–Crippen MR) is 156 cm³/mol. The molecule has 12 heteroatoms. The van der Waals surface area contributed by atoms with Gasteiger partial charge in [-0.1, -0.05) is 30.3 Å². The van der Waals surface area contributed by atoms with E-state index in [-0.39, 0.29) is 18.1 Å². The standard InChI is InChI=1S/C29H27BrFN5O5/c1-4-40-24-15-20(14-23(30)26(24)41-17-19-10-12-21(31)13-11-19)16-32-34-28(38)27(37)33-25-18(2)35(3)36(29(25)39)22-8-6-5-7-9-22/h5-16H,4,17H2,1-3H3,(H,33,37)(H,34,38)/b32-16+. The number of benzene rings is 3. The fourth-order valence-electron chi connectivity index (χ4n) is 3.90. The number of carbonyl (C=O) groups excluding carboxylic acids is 2. The molecule has 0 aliphatic heterocycles. The molecular formula is C29H27BrFN5O5. The van der Waals surface area contributed by atoms with Crippen LogP contribution in [0.4, 0.5) is 10.1 Å². The first kappa shape index (κ1) is 29.3. The average Bonchev–Trinajstić information content (AvgIpc) is 3.16. The number of halogens is 2. The topological polar surface area (TPSA) is 116 Å². The Bertz CT molecular complexity index is 1650. The number of ether oxygens (including phenoxy) is 2. The van der Waals surface area contributed by atoms with Gasteiger partial charge in [-0.3, -0.25) is 19.1 Å². The molecule has 2 N–H and O–H groups in total. The zero-order chi connectivity index (χ0) is 29.5. The zero-order valence-electron chi connectivity index (χ0n) is 22.5. The number of carbonyl (C=O) groups is 2. The summed E-state index contributed by atoms with van der Waals surface area (Å²) in [5.41, 5.74) is 4.08. The minimum Gasteiger partial charge on any atom is -0.490 e. The van der Waals surface area contributed by atoms with Gasteiger partial charge in [0.25, 0.3) is 5.56 Å². The van der Waals surface area contributed by atoms with E-state index < -0.39 is 17.4 Å². The summed E-state index contributed by atoms with van der Waals surface area (Å²) in [4.78, 5) is 37.9. The van der Waals surface area contributed by atoms with Crippen molar-refractivity contribution in [2.75, 3.05) is 11.9 Å². The Balaban J connectivity index is 1.43. The summed E-state index contributed by atoms with van der Waals surface area (Å²) in [5.74, 6) is -1.58. The summed E-state index contributed by atoms with van der Waals surface area (Å²) in [6, 6.07) is 18.2. The molecule has 0 radical (unpaired) electrons. The molecule has 4 aromatic rings. The van der Waals surface area contributed by atoms with Crippen LogP contribution >= 0.6 is 15.9 Å². The molecule has 2 amide bonds. The molecule has 0 fully saturated rings. The Labute approximate surface area is 243 Å². The minimum absolute atomic E-state index is 0.0120. The molecule has 0 aliphatic carbocycles. The van der Waals surface area contributed by atoms with Crippen LogP contribution in [-0.2, 0) is 23.2 Å². The van der Waals surface area contributed by atoms with Crippen LogP contribution in [0.5, 0.6) is 11.5 Å². The molecule has 0 saturated heterocycles. The van der Waals surface area contributed by atoms with Gasteiger partial charge in [0.05, 0.1) is 28.7 Å². The number of hydrogen-bond donors (Lipinski definition) is 2. The third kappa shape index (κ3) is 6.90. The molecule has 0 saturated carbocycles. The number of anilines is 1. The van der Waals surface area contributed by atoms with Gasteiger partial charge >= 0.3 is 11.8 Å². The first-order valence-corrected chi connectivity index (χ1v) is 13.3. The predicted octanol–water partition coefficient (Wildman–Crippen LogP) is 4.45. The van der Waals surface area contributed by atoms with Crippen molar-refractivity contribution >= 4 is 39.6 Å². The molecule has 10 nitrogen and oxygen atoms in total. The lowest BCUT2D eigenvalue weighted by atomic mass is 10.2. The third-order valence-corrected chi connectivity index (χ3v) is 6.60. The molecular weight excluding hydrogens is 597 g/mol. The lowest BCUT2D eigenvalue weighted by Crippen LogP contribution is -2.34. The van der Waals surface area contributed by atoms with Crippen LogP contribution in [0.3, 0.4) is 0 Å². The van der Waals surface area contributed by atoms with E-state index >= 15 is 0 Å². The van der Waals surface area contributed by atoms with Gasteiger partial charge in [0.1, 0.15) is 18.1 Å². The number of nitrogens with zero attached hydrogens (tertiary/aromatic N) is 3. The summed E-state index contributed by atoms with van der Waals surface area (Å²) < 4.78 is 28.3. The number of nitrogens with one attached hydrogen (secondary N) is 2. The van der Waals surface area contributed by atoms with Crippen molar-refractivity contribution in [1.82, 2.24) is 14.8 Å². The maximum absolute atomic E-state index is 13.2. The van der Waals surface area contributed by atoms with Crippen molar-refractivity contribution in [1.29, 1.82) is 0 Å². The maximum atomic E-state index is 13.2. The number of aromatic nitrogens is 2. The zero-order valence-corrected chi connectivity index (χ0v) is 24.1. The van der Waals surface area contributed by atoms with Crippen molar-refractivity contribution in [2.24, 2.45) is 12.1 Å². The van der Waals surface area contributed by atoms with Crippen molar-refractivity contribution < 1.29 is 23.5 Å². The largest absolute Gasteiger partial charge is 0.490 e. The number of para-hydroxylation sites is 1. The van der Waals surface area contributed by atoms with Gasteiger partial charge in [0, 0.05) is 7.05 Å². The Morgan fingerprint density at radius 3 is 2.44 bits per heavy atom. The second-order valence-corrected chi connectivity index (χ2v) is 9.62. The van der Waals surface area contributed by atoms with Gasteiger partial charge in [-0.2, -0.15) is 5.10 Å². The van der Waals surface area contributed by atoms with Gasteiger partial charge in [0.2, 0.25) is 0 Å². The van der Waals surface area contributed by atoms with E-state index in [2.05, 4.69) is 31.8 Å². The lowest BCUT2D eigenvalue weighted by molar-refractivity contribution is -0.136. The highest BCUT2D eigenvalue weighted by Crippen LogP contribution is 2.37. The van der Waals surface area contributed by atoms with Crippen LogP contribution < -0.4 is 25.8 Å². The molecule has 3 aromatic carbocycles. The smallest absolute Gasteiger partial charge is 0.329 e. The normalized spacial score (nSPS) is 11.0. The first-order chi connectivity index (χ1) is 19.7. The second-order valence-electron chi connectivity index (χ2n) is 8.77. The highest BCUT2D eigenvalue weighted by Gasteiger charge is 2.21. The van der Waals surface area contributed by atoms with Gasteiger partial charge in [0.15, 0.2) is 11.5 Å². The molecule has 1 heterocycles. The van der Waals surface area contributed by atoms with Crippen LogP contribution in [0.1, 0.15) is 23.7 Å². The molecule has 4 rings (SSSR count). The monoisotopic (exact) mass is 623 g/mol. The number of amides is 2. The van der Waals surface area contributed by atoms with Gasteiger partial charge in [-0.05, 0) is 77.3 Å². The average molecular weight is 624 g/mol. The summed E-state index contributed by atoms with van der Waals surface area (Å²) >= 11 is 3.46. The van der Waals surface area contributed by atoms with Gasteiger partial charge in [-0.25, -0.2) is 14.5 Å². The maximum Gasteiger partial charge on any atom is 0.329 e. The molecule has 1 aromatic heterocycles. The van der Waals surface area contributed by atoms with Gasteiger partial charge in [-0.15, -0.1) is 0 Å². The fourth-order valence-corrected chi connectivity index (χ4v) is 4.47. The van der Waals surface area contributed by atoms with Crippen molar-refractivity contribution in [3.8, 4) is 17.2 Å². The highest BCUT2D eigenvalue weighted by molar-refractivity contribution is 9.10. The van der Waals surface area contributed by atoms with Crippen LogP contribution in [0.2, 0.25) is 0 Å². The van der Waals surface area contributed by atoms with E-state index in [1.165, 1.54) is 23.0 Å². The highest BCUT2D eigenvalue weighted by atomic mass is 79.9. The molecule has 0 aliphatic rings. The molecule has 0 unspecified atom stereocenters. The Morgan fingerprint density at radius 2 is 1.76 bits per heavy atom. The quantitative estimate of drug-likeness (QED) is 0.162. The molecule has 0 bridgehead atoms. The van der Waals surface area contributed by atoms with Crippen LogP contribution in [0.15, 0.2) is 81.1 Å². The number of hydrazone groups is 1. The summed E-state index contributed by atoms with van der Waals surface area (Å²) in [7, 11) is 1.68. The summed E-state index contributed by atoms with van der Waals surface area (Å²) in [5, 5.41) is 6.25.